The minimum atomic E-state index is 1.00. The maximum absolute atomic E-state index is 2.56. The third kappa shape index (κ3) is 2.81. The largest absolute Gasteiger partial charge is 0.0625 e. The van der Waals surface area contributed by atoms with Crippen molar-refractivity contribution in [1.29, 1.82) is 0 Å². The Kier molecular flexibility index (Phi) is 4.33. The van der Waals surface area contributed by atoms with Crippen LogP contribution in [0, 0.1) is 29.6 Å². The van der Waals surface area contributed by atoms with Gasteiger partial charge in [0.05, 0.1) is 0 Å². The van der Waals surface area contributed by atoms with E-state index in [9.17, 15) is 0 Å². The molecule has 0 nitrogen and oxygen atoms in total. The highest BCUT2D eigenvalue weighted by Crippen LogP contribution is 2.42. The summed E-state index contributed by atoms with van der Waals surface area (Å²) in [5.74, 6) is 5.12. The maximum atomic E-state index is 2.56. The molecule has 0 aliphatic heterocycles. The van der Waals surface area contributed by atoms with Crippen molar-refractivity contribution in [2.45, 2.75) is 72.1 Å². The fraction of sp³-hybridized carbons (Fsp3) is 1.00. The molecule has 2 aliphatic carbocycles. The Morgan fingerprint density at radius 1 is 0.812 bits per heavy atom. The highest BCUT2D eigenvalue weighted by molar-refractivity contribution is 4.83. The molecular formula is C16H30. The summed E-state index contributed by atoms with van der Waals surface area (Å²) in [4.78, 5) is 0. The van der Waals surface area contributed by atoms with Crippen LogP contribution in [-0.2, 0) is 0 Å². The summed E-state index contributed by atoms with van der Waals surface area (Å²) in [6, 6.07) is 0. The van der Waals surface area contributed by atoms with Crippen molar-refractivity contribution in [1.82, 2.24) is 0 Å². The van der Waals surface area contributed by atoms with Crippen LogP contribution in [0.4, 0.5) is 0 Å². The molecule has 2 fully saturated rings. The van der Waals surface area contributed by atoms with Crippen LogP contribution in [0.1, 0.15) is 72.1 Å². The van der Waals surface area contributed by atoms with Crippen LogP contribution in [0.25, 0.3) is 0 Å². The van der Waals surface area contributed by atoms with Crippen molar-refractivity contribution in [3.8, 4) is 0 Å². The molecule has 0 radical (unpaired) electrons. The zero-order chi connectivity index (χ0) is 11.5. The van der Waals surface area contributed by atoms with E-state index in [0.717, 1.165) is 29.6 Å². The highest BCUT2D eigenvalue weighted by atomic mass is 14.4. The Morgan fingerprint density at radius 2 is 1.44 bits per heavy atom. The summed E-state index contributed by atoms with van der Waals surface area (Å²) in [5.41, 5.74) is 0. The van der Waals surface area contributed by atoms with E-state index >= 15 is 0 Å². The Hall–Kier alpha value is 0. The van der Waals surface area contributed by atoms with E-state index in [-0.39, 0.29) is 0 Å². The van der Waals surface area contributed by atoms with Crippen molar-refractivity contribution < 1.29 is 0 Å². The quantitative estimate of drug-likeness (QED) is 0.596. The van der Waals surface area contributed by atoms with Crippen LogP contribution in [-0.4, -0.2) is 0 Å². The molecule has 2 aliphatic rings. The van der Waals surface area contributed by atoms with Gasteiger partial charge in [-0.25, -0.2) is 0 Å². The van der Waals surface area contributed by atoms with Gasteiger partial charge >= 0.3 is 0 Å². The molecule has 0 amide bonds. The summed E-state index contributed by atoms with van der Waals surface area (Å²) in [5, 5.41) is 0. The molecule has 0 spiro atoms. The lowest BCUT2D eigenvalue weighted by Gasteiger charge is -2.40. The second-order valence-electron chi connectivity index (χ2n) is 6.80. The summed E-state index contributed by atoms with van der Waals surface area (Å²) >= 11 is 0. The highest BCUT2D eigenvalue weighted by Gasteiger charge is 2.32. The topological polar surface area (TPSA) is 0 Å². The van der Waals surface area contributed by atoms with E-state index in [1.807, 2.05) is 0 Å². The third-order valence-corrected chi connectivity index (χ3v) is 5.66. The van der Waals surface area contributed by atoms with Crippen molar-refractivity contribution in [2.24, 2.45) is 29.6 Å². The molecule has 2 saturated carbocycles. The van der Waals surface area contributed by atoms with E-state index in [4.69, 9.17) is 0 Å². The lowest BCUT2D eigenvalue weighted by atomic mass is 9.66. The average Bonchev–Trinajstić information content (AvgIpc) is 2.30. The summed E-state index contributed by atoms with van der Waals surface area (Å²) in [6.45, 7) is 7.50. The van der Waals surface area contributed by atoms with Crippen molar-refractivity contribution in [3.63, 3.8) is 0 Å². The first-order valence-corrected chi connectivity index (χ1v) is 7.68. The Bertz CT molecular complexity index is 200. The van der Waals surface area contributed by atoms with E-state index in [0.29, 0.717) is 0 Å². The van der Waals surface area contributed by atoms with Gasteiger partial charge in [0, 0.05) is 0 Å². The lowest BCUT2D eigenvalue weighted by molar-refractivity contribution is 0.106. The third-order valence-electron chi connectivity index (χ3n) is 5.66. The van der Waals surface area contributed by atoms with Gasteiger partial charge in [0.25, 0.3) is 0 Å². The average molecular weight is 222 g/mol. The van der Waals surface area contributed by atoms with Crippen LogP contribution >= 0.6 is 0 Å². The van der Waals surface area contributed by atoms with E-state index in [1.165, 1.54) is 51.4 Å². The minimum absolute atomic E-state index is 1.00. The molecule has 0 heterocycles. The van der Waals surface area contributed by atoms with Gasteiger partial charge in [-0.05, 0) is 48.9 Å². The van der Waals surface area contributed by atoms with E-state index < -0.39 is 0 Å². The number of hydrogen-bond acceptors (Lipinski definition) is 0. The second-order valence-corrected chi connectivity index (χ2v) is 6.80. The smallest absolute Gasteiger partial charge is 0.0360 e. The monoisotopic (exact) mass is 222 g/mol. The number of hydrogen-bond donors (Lipinski definition) is 0. The van der Waals surface area contributed by atoms with E-state index in [1.54, 1.807) is 0 Å². The molecule has 0 aromatic heterocycles. The van der Waals surface area contributed by atoms with Gasteiger partial charge in [-0.15, -0.1) is 0 Å². The summed E-state index contributed by atoms with van der Waals surface area (Å²) in [7, 11) is 0. The summed E-state index contributed by atoms with van der Waals surface area (Å²) in [6.07, 6.45) is 12.0. The molecule has 0 aromatic carbocycles. The molecule has 16 heavy (non-hydrogen) atoms. The fourth-order valence-corrected chi connectivity index (χ4v) is 4.29. The second kappa shape index (κ2) is 5.56. The Morgan fingerprint density at radius 3 is 2.06 bits per heavy atom. The molecule has 0 heteroatoms. The van der Waals surface area contributed by atoms with Gasteiger partial charge in [0.15, 0.2) is 0 Å². The van der Waals surface area contributed by atoms with Crippen molar-refractivity contribution in [2.75, 3.05) is 0 Å². The van der Waals surface area contributed by atoms with Crippen molar-refractivity contribution >= 4 is 0 Å². The Balaban J connectivity index is 1.88. The van der Waals surface area contributed by atoms with Crippen LogP contribution in [0.15, 0.2) is 0 Å². The normalized spacial score (nSPS) is 42.9. The zero-order valence-corrected chi connectivity index (χ0v) is 11.5. The predicted octanol–water partition coefficient (Wildman–Crippen LogP) is 5.28. The van der Waals surface area contributed by atoms with Gasteiger partial charge in [-0.1, -0.05) is 52.9 Å². The van der Waals surface area contributed by atoms with Crippen molar-refractivity contribution in [3.05, 3.63) is 0 Å². The van der Waals surface area contributed by atoms with Crippen LogP contribution in [0.3, 0.4) is 0 Å². The first-order valence-electron chi connectivity index (χ1n) is 7.68. The van der Waals surface area contributed by atoms with Gasteiger partial charge < -0.3 is 0 Å². The fourth-order valence-electron chi connectivity index (χ4n) is 4.29. The van der Waals surface area contributed by atoms with Crippen LogP contribution in [0.5, 0.6) is 0 Å². The van der Waals surface area contributed by atoms with Gasteiger partial charge in [0.1, 0.15) is 0 Å². The molecule has 3 atom stereocenters. The summed E-state index contributed by atoms with van der Waals surface area (Å²) < 4.78 is 0. The molecular weight excluding hydrogens is 192 g/mol. The van der Waals surface area contributed by atoms with Crippen LogP contribution in [0.2, 0.25) is 0 Å². The molecule has 0 aromatic rings. The van der Waals surface area contributed by atoms with Gasteiger partial charge in [-0.2, -0.15) is 0 Å². The molecule has 0 N–H and O–H groups in total. The lowest BCUT2D eigenvalue weighted by Crippen LogP contribution is -2.30. The SMILES string of the molecule is CC1CCC(C(C)C2CCCCC2C)CC1. The molecule has 2 rings (SSSR count). The Labute approximate surface area is 102 Å². The molecule has 0 saturated heterocycles. The number of rotatable bonds is 2. The van der Waals surface area contributed by atoms with Gasteiger partial charge in [0.2, 0.25) is 0 Å². The van der Waals surface area contributed by atoms with Crippen LogP contribution < -0.4 is 0 Å². The molecule has 0 bridgehead atoms. The molecule has 94 valence electrons. The first kappa shape index (κ1) is 12.5. The maximum Gasteiger partial charge on any atom is -0.0360 e. The van der Waals surface area contributed by atoms with E-state index in [2.05, 4.69) is 20.8 Å². The zero-order valence-electron chi connectivity index (χ0n) is 11.5. The predicted molar refractivity (Wildman–Crippen MR) is 71.4 cm³/mol. The molecule has 3 unspecified atom stereocenters. The minimum Gasteiger partial charge on any atom is -0.0625 e. The van der Waals surface area contributed by atoms with Gasteiger partial charge in [-0.3, -0.25) is 0 Å². The standard InChI is InChI=1S/C16H30/c1-12-8-10-15(11-9-12)14(3)16-7-5-4-6-13(16)2/h12-16H,4-11H2,1-3H3. The first-order chi connectivity index (χ1) is 7.68.